The Labute approximate surface area is 106 Å². The van der Waals surface area contributed by atoms with Gasteiger partial charge in [0.25, 0.3) is 0 Å². The van der Waals surface area contributed by atoms with Gasteiger partial charge in [0.05, 0.1) is 0 Å². The molecule has 0 amide bonds. The molecule has 1 aromatic rings. The smallest absolute Gasteiger partial charge is 0.339 e. The number of aromatic hydroxyl groups is 1. The molecule has 0 saturated heterocycles. The Morgan fingerprint density at radius 2 is 2.18 bits per heavy atom. The number of hydrogen-bond donors (Lipinski definition) is 3. The number of benzene rings is 1. The maximum Gasteiger partial charge on any atom is 0.339 e. The molecule has 0 aliphatic heterocycles. The van der Waals surface area contributed by atoms with Gasteiger partial charge in [0, 0.05) is 6.04 Å². The van der Waals surface area contributed by atoms with Crippen molar-refractivity contribution in [3.8, 4) is 5.75 Å². The highest BCUT2D eigenvalue weighted by Crippen LogP contribution is 2.23. The highest BCUT2D eigenvalue weighted by molar-refractivity contribution is 5.90. The summed E-state index contributed by atoms with van der Waals surface area (Å²) in [5.74, 6) is -1.40. The lowest BCUT2D eigenvalue weighted by atomic mass is 10.00. The zero-order valence-electron chi connectivity index (χ0n) is 9.30. The number of allylic oxidation sites excluding steroid dienone is 1. The Balaban J connectivity index is 0.00000256. The number of hydrogen-bond acceptors (Lipinski definition) is 3. The standard InChI is InChI=1S/C12H15NO3.ClH/c1-2-3-4-10(13)8-5-6-11(14)9(7-8)12(15)16;/h2,5-7,10,14H,1,3-4,13H2,(H,15,16);1H/t10-;/m1./s1. The summed E-state index contributed by atoms with van der Waals surface area (Å²) in [5, 5.41) is 18.2. The van der Waals surface area contributed by atoms with Crippen LogP contribution >= 0.6 is 12.4 Å². The van der Waals surface area contributed by atoms with E-state index in [0.717, 1.165) is 6.42 Å². The van der Waals surface area contributed by atoms with E-state index in [2.05, 4.69) is 6.58 Å². The van der Waals surface area contributed by atoms with Crippen molar-refractivity contribution in [2.24, 2.45) is 5.73 Å². The van der Waals surface area contributed by atoms with Crippen molar-refractivity contribution in [2.75, 3.05) is 0 Å². The van der Waals surface area contributed by atoms with Crippen molar-refractivity contribution in [1.29, 1.82) is 0 Å². The summed E-state index contributed by atoms with van der Waals surface area (Å²) >= 11 is 0. The van der Waals surface area contributed by atoms with Gasteiger partial charge in [-0.3, -0.25) is 0 Å². The quantitative estimate of drug-likeness (QED) is 0.708. The van der Waals surface area contributed by atoms with Gasteiger partial charge in [0.15, 0.2) is 0 Å². The predicted octanol–water partition coefficient (Wildman–Crippen LogP) is 2.48. The fourth-order valence-corrected chi connectivity index (χ4v) is 1.42. The van der Waals surface area contributed by atoms with Gasteiger partial charge in [0.2, 0.25) is 0 Å². The van der Waals surface area contributed by atoms with Crippen LogP contribution in [0.3, 0.4) is 0 Å². The minimum absolute atomic E-state index is 0. The number of phenols is 1. The van der Waals surface area contributed by atoms with Crippen LogP contribution in [-0.2, 0) is 0 Å². The van der Waals surface area contributed by atoms with Crippen LogP contribution in [0.4, 0.5) is 0 Å². The van der Waals surface area contributed by atoms with Gasteiger partial charge in [-0.2, -0.15) is 0 Å². The summed E-state index contributed by atoms with van der Waals surface area (Å²) < 4.78 is 0. The van der Waals surface area contributed by atoms with E-state index in [9.17, 15) is 9.90 Å². The van der Waals surface area contributed by atoms with Crippen LogP contribution in [0.5, 0.6) is 5.75 Å². The van der Waals surface area contributed by atoms with E-state index in [4.69, 9.17) is 10.8 Å². The van der Waals surface area contributed by atoms with E-state index in [0.29, 0.717) is 12.0 Å². The molecule has 17 heavy (non-hydrogen) atoms. The van der Waals surface area contributed by atoms with Crippen molar-refractivity contribution < 1.29 is 15.0 Å². The summed E-state index contributed by atoms with van der Waals surface area (Å²) in [5.41, 5.74) is 6.46. The third kappa shape index (κ3) is 4.09. The fraction of sp³-hybridized carbons (Fsp3) is 0.250. The average Bonchev–Trinajstić information content (AvgIpc) is 2.26. The first kappa shape index (κ1) is 15.5. The Morgan fingerprint density at radius 1 is 1.53 bits per heavy atom. The summed E-state index contributed by atoms with van der Waals surface area (Å²) in [6, 6.07) is 4.16. The second-order valence-electron chi connectivity index (χ2n) is 3.55. The van der Waals surface area contributed by atoms with Gasteiger partial charge < -0.3 is 15.9 Å². The molecule has 94 valence electrons. The van der Waals surface area contributed by atoms with Crippen LogP contribution in [0, 0.1) is 0 Å². The number of rotatable bonds is 5. The Hall–Kier alpha value is -1.52. The van der Waals surface area contributed by atoms with E-state index >= 15 is 0 Å². The summed E-state index contributed by atoms with van der Waals surface area (Å²) in [4.78, 5) is 10.8. The molecule has 1 rings (SSSR count). The molecule has 0 saturated carbocycles. The Kier molecular flexibility index (Phi) is 6.31. The summed E-state index contributed by atoms with van der Waals surface area (Å²) in [7, 11) is 0. The second-order valence-corrected chi connectivity index (χ2v) is 3.55. The van der Waals surface area contributed by atoms with Gasteiger partial charge in [-0.15, -0.1) is 19.0 Å². The molecule has 1 aromatic carbocycles. The summed E-state index contributed by atoms with van der Waals surface area (Å²) in [6.45, 7) is 3.60. The van der Waals surface area contributed by atoms with Crippen LogP contribution in [-0.4, -0.2) is 16.2 Å². The molecule has 5 heteroatoms. The van der Waals surface area contributed by atoms with Gasteiger partial charge in [-0.05, 0) is 30.5 Å². The second kappa shape index (κ2) is 6.93. The molecular weight excluding hydrogens is 242 g/mol. The first-order valence-electron chi connectivity index (χ1n) is 4.99. The molecular formula is C12H16ClNO3. The topological polar surface area (TPSA) is 83.5 Å². The number of halogens is 1. The van der Waals surface area contributed by atoms with Crippen molar-refractivity contribution in [2.45, 2.75) is 18.9 Å². The minimum Gasteiger partial charge on any atom is -0.507 e. The van der Waals surface area contributed by atoms with Crippen molar-refractivity contribution in [1.82, 2.24) is 0 Å². The van der Waals surface area contributed by atoms with Crippen molar-refractivity contribution >= 4 is 18.4 Å². The van der Waals surface area contributed by atoms with Gasteiger partial charge in [0.1, 0.15) is 11.3 Å². The van der Waals surface area contributed by atoms with E-state index < -0.39 is 5.97 Å². The zero-order chi connectivity index (χ0) is 12.1. The van der Waals surface area contributed by atoms with Crippen molar-refractivity contribution in [3.63, 3.8) is 0 Å². The van der Waals surface area contributed by atoms with Crippen molar-refractivity contribution in [3.05, 3.63) is 42.0 Å². The fourth-order valence-electron chi connectivity index (χ4n) is 1.42. The lowest BCUT2D eigenvalue weighted by Gasteiger charge is -2.12. The molecule has 4 nitrogen and oxygen atoms in total. The predicted molar refractivity (Wildman–Crippen MR) is 68.7 cm³/mol. The van der Waals surface area contributed by atoms with E-state index in [1.54, 1.807) is 12.1 Å². The first-order chi connectivity index (χ1) is 7.56. The minimum atomic E-state index is -1.16. The molecule has 0 radical (unpaired) electrons. The van der Waals surface area contributed by atoms with E-state index in [1.165, 1.54) is 12.1 Å². The van der Waals surface area contributed by atoms with Gasteiger partial charge >= 0.3 is 5.97 Å². The molecule has 1 atom stereocenters. The van der Waals surface area contributed by atoms with Gasteiger partial charge in [-0.25, -0.2) is 4.79 Å². The molecule has 0 aromatic heterocycles. The molecule has 0 aliphatic rings. The number of nitrogens with two attached hydrogens (primary N) is 1. The number of aromatic carboxylic acids is 1. The normalized spacial score (nSPS) is 11.4. The molecule has 0 bridgehead atoms. The lowest BCUT2D eigenvalue weighted by Crippen LogP contribution is -2.11. The van der Waals surface area contributed by atoms with Crippen LogP contribution in [0.2, 0.25) is 0 Å². The summed E-state index contributed by atoms with van der Waals surface area (Å²) in [6.07, 6.45) is 3.23. The maximum absolute atomic E-state index is 10.8. The number of carboxylic acids is 1. The third-order valence-electron chi connectivity index (χ3n) is 2.36. The lowest BCUT2D eigenvalue weighted by molar-refractivity contribution is 0.0693. The Bertz CT molecular complexity index is 407. The van der Waals surface area contributed by atoms with Gasteiger partial charge in [-0.1, -0.05) is 12.1 Å². The number of carbonyl (C=O) groups is 1. The number of carboxylic acid groups (broad SMARTS) is 1. The van der Waals surface area contributed by atoms with E-state index in [-0.39, 0.29) is 29.8 Å². The molecule has 4 N–H and O–H groups in total. The van der Waals surface area contributed by atoms with Crippen LogP contribution < -0.4 is 5.73 Å². The highest BCUT2D eigenvalue weighted by atomic mass is 35.5. The third-order valence-corrected chi connectivity index (χ3v) is 2.36. The molecule has 0 heterocycles. The molecule has 0 spiro atoms. The maximum atomic E-state index is 10.8. The average molecular weight is 258 g/mol. The van der Waals surface area contributed by atoms with Crippen LogP contribution in [0.15, 0.2) is 30.9 Å². The van der Waals surface area contributed by atoms with Crippen LogP contribution in [0.25, 0.3) is 0 Å². The highest BCUT2D eigenvalue weighted by Gasteiger charge is 2.13. The molecule has 0 aliphatic carbocycles. The van der Waals surface area contributed by atoms with Crippen LogP contribution in [0.1, 0.15) is 34.8 Å². The zero-order valence-corrected chi connectivity index (χ0v) is 10.1. The molecule has 0 fully saturated rings. The van der Waals surface area contributed by atoms with E-state index in [1.807, 2.05) is 0 Å². The largest absolute Gasteiger partial charge is 0.507 e. The Morgan fingerprint density at radius 3 is 2.71 bits per heavy atom. The monoisotopic (exact) mass is 257 g/mol. The SMILES string of the molecule is C=CCC[C@@H](N)c1ccc(O)c(C(=O)O)c1.Cl. The first-order valence-corrected chi connectivity index (χ1v) is 4.99. The molecule has 0 unspecified atom stereocenters.